The Morgan fingerprint density at radius 3 is 2.78 bits per heavy atom. The zero-order valence-corrected chi connectivity index (χ0v) is 6.27. The molecule has 0 fully saturated rings. The van der Waals surface area contributed by atoms with E-state index >= 15 is 0 Å². The number of hydrogen-bond acceptors (Lipinski definition) is 4. The van der Waals surface area contributed by atoms with Gasteiger partial charge in [-0.1, -0.05) is 13.8 Å². The van der Waals surface area contributed by atoms with Crippen LogP contribution in [-0.2, 0) is 22.1 Å². The lowest BCUT2D eigenvalue weighted by Crippen LogP contribution is -2.10. The topological polar surface area (TPSA) is 38.7 Å². The lowest BCUT2D eigenvalue weighted by Gasteiger charge is -2.00. The summed E-state index contributed by atoms with van der Waals surface area (Å²) < 4.78 is 2.84. The highest BCUT2D eigenvalue weighted by Crippen LogP contribution is 2.02. The molecule has 3 nitrogen and oxygen atoms in total. The monoisotopic (exact) mass is 147 g/mol. The molecular formula is C5H9NO2S. The van der Waals surface area contributed by atoms with Crippen LogP contribution in [0.1, 0.15) is 20.3 Å². The van der Waals surface area contributed by atoms with Crippen molar-refractivity contribution in [3.05, 3.63) is 0 Å². The summed E-state index contributed by atoms with van der Waals surface area (Å²) in [6, 6.07) is 0. The van der Waals surface area contributed by atoms with E-state index < -0.39 is 0 Å². The third-order valence-electron chi connectivity index (χ3n) is 1.14. The average molecular weight is 147 g/mol. The highest BCUT2D eigenvalue weighted by atomic mass is 32.1. The molecule has 0 spiro atoms. The molecule has 0 aliphatic heterocycles. The lowest BCUT2D eigenvalue weighted by atomic mass is 10.1. The minimum absolute atomic E-state index is 0.100. The largest absolute Gasteiger partial charge is 0.338 e. The number of rotatable bonds is 3. The highest BCUT2D eigenvalue weighted by Gasteiger charge is 2.10. The fourth-order valence-corrected chi connectivity index (χ4v) is 0.367. The Hall–Kier alpha value is -0.510. The molecule has 0 aromatic heterocycles. The van der Waals surface area contributed by atoms with Crippen molar-refractivity contribution >= 4 is 18.4 Å². The Morgan fingerprint density at radius 2 is 2.44 bits per heavy atom. The van der Waals surface area contributed by atoms with Crippen molar-refractivity contribution in [3.63, 3.8) is 0 Å². The normalized spacial score (nSPS) is 12.2. The van der Waals surface area contributed by atoms with E-state index in [2.05, 4.69) is 21.8 Å². The quantitative estimate of drug-likeness (QED) is 0.563. The summed E-state index contributed by atoms with van der Waals surface area (Å²) in [7, 11) is 0. The highest BCUT2D eigenvalue weighted by molar-refractivity contribution is 7.47. The van der Waals surface area contributed by atoms with Gasteiger partial charge in [0.1, 0.15) is 0 Å². The van der Waals surface area contributed by atoms with Crippen LogP contribution in [0.3, 0.4) is 0 Å². The standard InChI is InChI=1S/C5H9NO2S/c1-3-4(2)5(7)8-6-9/h4H,3H2,1-2H3. The van der Waals surface area contributed by atoms with Crippen molar-refractivity contribution in [2.75, 3.05) is 0 Å². The van der Waals surface area contributed by atoms with Crippen LogP contribution in [0.15, 0.2) is 4.53 Å². The van der Waals surface area contributed by atoms with Gasteiger partial charge in [-0.2, -0.15) is 0 Å². The predicted octanol–water partition coefficient (Wildman–Crippen LogP) is 1.22. The van der Waals surface area contributed by atoms with E-state index in [-0.39, 0.29) is 11.9 Å². The van der Waals surface area contributed by atoms with E-state index in [1.807, 2.05) is 6.92 Å². The van der Waals surface area contributed by atoms with Gasteiger partial charge in [-0.05, 0) is 10.9 Å². The van der Waals surface area contributed by atoms with Gasteiger partial charge in [0, 0.05) is 0 Å². The molecule has 52 valence electrons. The van der Waals surface area contributed by atoms with E-state index in [0.29, 0.717) is 0 Å². The first-order chi connectivity index (χ1) is 4.22. The molecular weight excluding hydrogens is 138 g/mol. The molecule has 0 bridgehead atoms. The van der Waals surface area contributed by atoms with E-state index in [4.69, 9.17) is 0 Å². The summed E-state index contributed by atoms with van der Waals surface area (Å²) >= 11 is 4.08. The Balaban J connectivity index is 3.58. The summed E-state index contributed by atoms with van der Waals surface area (Å²) in [5.74, 6) is -0.454. The zero-order valence-electron chi connectivity index (χ0n) is 5.46. The summed E-state index contributed by atoms with van der Waals surface area (Å²) in [6.07, 6.45) is 0.754. The minimum Gasteiger partial charge on any atom is -0.306 e. The number of carbonyl (C=O) groups excluding carboxylic acids is 1. The van der Waals surface area contributed by atoms with Crippen molar-refractivity contribution in [1.29, 1.82) is 0 Å². The van der Waals surface area contributed by atoms with E-state index in [1.165, 1.54) is 0 Å². The summed E-state index contributed by atoms with van der Waals surface area (Å²) in [6.45, 7) is 3.66. The number of nitrogens with zero attached hydrogens (tertiary/aromatic N) is 1. The number of hydrogen-bond donors (Lipinski definition) is 0. The molecule has 9 heavy (non-hydrogen) atoms. The fourth-order valence-electron chi connectivity index (χ4n) is 0.293. The third-order valence-corrected chi connectivity index (χ3v) is 1.22. The van der Waals surface area contributed by atoms with Gasteiger partial charge < -0.3 is 4.84 Å². The smallest absolute Gasteiger partial charge is 0.306 e. The van der Waals surface area contributed by atoms with Crippen molar-refractivity contribution in [2.24, 2.45) is 10.4 Å². The maximum absolute atomic E-state index is 10.6. The van der Waals surface area contributed by atoms with E-state index in [9.17, 15) is 4.79 Å². The zero-order chi connectivity index (χ0) is 7.28. The second kappa shape index (κ2) is 4.38. The van der Waals surface area contributed by atoms with Gasteiger partial charge in [-0.25, -0.2) is 4.79 Å². The van der Waals surface area contributed by atoms with Crippen molar-refractivity contribution in [3.8, 4) is 0 Å². The van der Waals surface area contributed by atoms with Crippen molar-refractivity contribution < 1.29 is 9.63 Å². The van der Waals surface area contributed by atoms with Gasteiger partial charge >= 0.3 is 5.97 Å². The predicted molar refractivity (Wildman–Crippen MR) is 35.3 cm³/mol. The first-order valence-electron chi connectivity index (χ1n) is 2.75. The maximum atomic E-state index is 10.6. The van der Waals surface area contributed by atoms with Crippen LogP contribution < -0.4 is 0 Å². The Bertz CT molecular complexity index is 116. The average Bonchev–Trinajstić information content (AvgIpc) is 1.87. The molecule has 0 aliphatic rings. The third kappa shape index (κ3) is 3.13. The fraction of sp³-hybridized carbons (Fsp3) is 0.800. The lowest BCUT2D eigenvalue weighted by molar-refractivity contribution is -0.147. The first kappa shape index (κ1) is 8.49. The van der Waals surface area contributed by atoms with Crippen LogP contribution in [0.25, 0.3) is 0 Å². The molecule has 0 heterocycles. The molecule has 0 aromatic carbocycles. The Labute approximate surface area is 59.5 Å². The molecule has 0 radical (unpaired) electrons. The second-order valence-corrected chi connectivity index (χ2v) is 1.94. The minimum atomic E-state index is -0.354. The van der Waals surface area contributed by atoms with E-state index in [1.54, 1.807) is 6.92 Å². The maximum Gasteiger partial charge on any atom is 0.338 e. The van der Waals surface area contributed by atoms with Gasteiger partial charge in [0.25, 0.3) is 0 Å². The molecule has 0 amide bonds. The summed E-state index contributed by atoms with van der Waals surface area (Å²) in [5, 5.41) is 0. The van der Waals surface area contributed by atoms with Crippen LogP contribution >= 0.6 is 0 Å². The van der Waals surface area contributed by atoms with Gasteiger partial charge in [-0.15, -0.1) is 0 Å². The first-order valence-corrected chi connectivity index (χ1v) is 3.12. The Morgan fingerprint density at radius 1 is 1.89 bits per heavy atom. The van der Waals surface area contributed by atoms with Gasteiger partial charge in [0.2, 0.25) is 0 Å². The Kier molecular flexibility index (Phi) is 4.13. The van der Waals surface area contributed by atoms with E-state index in [0.717, 1.165) is 6.42 Å². The van der Waals surface area contributed by atoms with Crippen LogP contribution in [0.4, 0.5) is 0 Å². The molecule has 1 atom stereocenters. The molecule has 0 aromatic rings. The SMILES string of the molecule is CCC(C)C(=O)ON=S. The van der Waals surface area contributed by atoms with Crippen LogP contribution in [0.2, 0.25) is 0 Å². The molecule has 0 saturated carbocycles. The summed E-state index contributed by atoms with van der Waals surface area (Å²) in [5.41, 5.74) is 0. The second-order valence-electron chi connectivity index (χ2n) is 1.79. The molecule has 0 N–H and O–H groups in total. The molecule has 4 heteroatoms. The van der Waals surface area contributed by atoms with Crippen LogP contribution in [0, 0.1) is 5.92 Å². The van der Waals surface area contributed by atoms with Gasteiger partial charge in [-0.3, -0.25) is 0 Å². The van der Waals surface area contributed by atoms with Gasteiger partial charge in [0.15, 0.2) is 0 Å². The molecule has 0 rings (SSSR count). The molecule has 0 saturated heterocycles. The van der Waals surface area contributed by atoms with Crippen molar-refractivity contribution in [1.82, 2.24) is 0 Å². The van der Waals surface area contributed by atoms with Crippen LogP contribution in [-0.4, -0.2) is 5.97 Å². The number of carbonyl (C=O) groups is 1. The van der Waals surface area contributed by atoms with Crippen molar-refractivity contribution in [2.45, 2.75) is 20.3 Å². The van der Waals surface area contributed by atoms with Gasteiger partial charge in [0.05, 0.1) is 18.3 Å². The van der Waals surface area contributed by atoms with Crippen LogP contribution in [0.5, 0.6) is 0 Å². The molecule has 1 unspecified atom stereocenters. The molecule has 0 aliphatic carbocycles. The summed E-state index contributed by atoms with van der Waals surface area (Å²) in [4.78, 5) is 14.8.